The van der Waals surface area contributed by atoms with E-state index in [1.807, 2.05) is 24.3 Å². The maximum atomic E-state index is 12.5. The minimum atomic E-state index is -1.00. The summed E-state index contributed by atoms with van der Waals surface area (Å²) in [6.07, 6.45) is 4.76. The fourth-order valence-corrected chi connectivity index (χ4v) is 4.06. The van der Waals surface area contributed by atoms with E-state index in [4.69, 9.17) is 9.72 Å². The maximum absolute atomic E-state index is 12.5. The highest BCUT2D eigenvalue weighted by atomic mass is 35.5. The van der Waals surface area contributed by atoms with Crippen molar-refractivity contribution in [2.75, 3.05) is 30.4 Å². The Labute approximate surface area is 211 Å². The van der Waals surface area contributed by atoms with Crippen molar-refractivity contribution in [2.24, 2.45) is 0 Å². The molecular formula is C25H29Cl2N3O4. The zero-order valence-electron chi connectivity index (χ0n) is 19.0. The number of aromatic nitrogens is 1. The van der Waals surface area contributed by atoms with Crippen molar-refractivity contribution >= 4 is 59.1 Å². The van der Waals surface area contributed by atoms with Gasteiger partial charge in [-0.2, -0.15) is 0 Å². The molecule has 1 aliphatic heterocycles. The van der Waals surface area contributed by atoms with Crippen molar-refractivity contribution in [1.82, 2.24) is 4.98 Å². The summed E-state index contributed by atoms with van der Waals surface area (Å²) >= 11 is 0. The highest BCUT2D eigenvalue weighted by Gasteiger charge is 2.18. The molecule has 0 unspecified atom stereocenters. The van der Waals surface area contributed by atoms with Crippen molar-refractivity contribution < 1.29 is 19.4 Å². The lowest BCUT2D eigenvalue weighted by atomic mass is 10.1. The Morgan fingerprint density at radius 3 is 2.29 bits per heavy atom. The van der Waals surface area contributed by atoms with Gasteiger partial charge in [0.1, 0.15) is 11.6 Å². The summed E-state index contributed by atoms with van der Waals surface area (Å²) in [5, 5.41) is 13.2. The third kappa shape index (κ3) is 6.52. The monoisotopic (exact) mass is 505 g/mol. The topological polar surface area (TPSA) is 91.8 Å². The number of rotatable bonds is 6. The average molecular weight is 506 g/mol. The number of carboxylic acids is 1. The first-order valence-electron chi connectivity index (χ1n) is 10.9. The molecule has 0 radical (unpaired) electrons. The number of nitrogens with one attached hydrogen (secondary N) is 1. The van der Waals surface area contributed by atoms with E-state index in [0.29, 0.717) is 22.4 Å². The second kappa shape index (κ2) is 12.4. The number of carboxylic acid groups (broad SMARTS) is 1. The number of fused-ring (bicyclic) bond motifs is 1. The van der Waals surface area contributed by atoms with Crippen molar-refractivity contribution in [3.05, 3.63) is 59.7 Å². The number of carbonyl (C=O) groups is 2. The number of benzene rings is 2. The molecule has 9 heteroatoms. The first-order chi connectivity index (χ1) is 15.5. The zero-order valence-corrected chi connectivity index (χ0v) is 20.6. The van der Waals surface area contributed by atoms with E-state index in [9.17, 15) is 14.7 Å². The van der Waals surface area contributed by atoms with Gasteiger partial charge in [0, 0.05) is 24.2 Å². The molecule has 0 aliphatic carbocycles. The van der Waals surface area contributed by atoms with Gasteiger partial charge in [-0.05, 0) is 54.8 Å². The van der Waals surface area contributed by atoms with Crippen molar-refractivity contribution in [3.63, 3.8) is 0 Å². The van der Waals surface area contributed by atoms with Crippen LogP contribution in [-0.4, -0.2) is 42.2 Å². The van der Waals surface area contributed by atoms with Gasteiger partial charge in [-0.15, -0.1) is 24.8 Å². The Kier molecular flexibility index (Phi) is 9.96. The third-order valence-corrected chi connectivity index (χ3v) is 5.76. The van der Waals surface area contributed by atoms with Crippen molar-refractivity contribution in [1.29, 1.82) is 0 Å². The molecule has 1 aromatic heterocycles. The highest BCUT2D eigenvalue weighted by molar-refractivity contribution is 6.05. The molecule has 1 aliphatic rings. The van der Waals surface area contributed by atoms with Crippen LogP contribution in [0.25, 0.3) is 10.9 Å². The van der Waals surface area contributed by atoms with Gasteiger partial charge in [0.15, 0.2) is 0 Å². The smallest absolute Gasteiger partial charge is 0.336 e. The summed E-state index contributed by atoms with van der Waals surface area (Å²) in [7, 11) is 1.60. The quantitative estimate of drug-likeness (QED) is 0.469. The van der Waals surface area contributed by atoms with E-state index in [-0.39, 0.29) is 42.7 Å². The molecule has 0 atom stereocenters. The Morgan fingerprint density at radius 2 is 1.68 bits per heavy atom. The van der Waals surface area contributed by atoms with E-state index in [2.05, 4.69) is 10.2 Å². The predicted molar refractivity (Wildman–Crippen MR) is 139 cm³/mol. The summed E-state index contributed by atoms with van der Waals surface area (Å²) < 4.78 is 5.14. The molecule has 34 heavy (non-hydrogen) atoms. The molecule has 0 bridgehead atoms. The number of pyridine rings is 1. The Balaban J connectivity index is 0.00000204. The number of methoxy groups -OCH3 is 1. The Morgan fingerprint density at radius 1 is 1.00 bits per heavy atom. The zero-order chi connectivity index (χ0) is 22.5. The second-order valence-electron chi connectivity index (χ2n) is 8.04. The summed E-state index contributed by atoms with van der Waals surface area (Å²) in [6.45, 7) is 1.77. The van der Waals surface area contributed by atoms with Crippen LogP contribution in [0.5, 0.6) is 5.75 Å². The molecule has 2 aromatic carbocycles. The van der Waals surface area contributed by atoms with Gasteiger partial charge in [0.2, 0.25) is 5.91 Å². The molecule has 1 saturated heterocycles. The summed E-state index contributed by atoms with van der Waals surface area (Å²) in [5.74, 6) is 0.251. The number of hydrogen-bond acceptors (Lipinski definition) is 5. The number of halogens is 2. The van der Waals surface area contributed by atoms with Crippen molar-refractivity contribution in [3.8, 4) is 5.75 Å². The molecule has 2 heterocycles. The number of anilines is 2. The second-order valence-corrected chi connectivity index (χ2v) is 8.04. The third-order valence-electron chi connectivity index (χ3n) is 5.76. The van der Waals surface area contributed by atoms with E-state index in [0.717, 1.165) is 37.2 Å². The minimum Gasteiger partial charge on any atom is -0.497 e. The fourth-order valence-electron chi connectivity index (χ4n) is 4.06. The predicted octanol–water partition coefficient (Wildman–Crippen LogP) is 5.35. The van der Waals surface area contributed by atoms with Crippen molar-refractivity contribution in [2.45, 2.75) is 32.1 Å². The van der Waals surface area contributed by atoms with Gasteiger partial charge in [0.05, 0.1) is 24.6 Å². The average Bonchev–Trinajstić information content (AvgIpc) is 3.08. The van der Waals surface area contributed by atoms with Crippen LogP contribution in [0.4, 0.5) is 11.5 Å². The first kappa shape index (κ1) is 27.2. The van der Waals surface area contributed by atoms with Crippen LogP contribution in [-0.2, 0) is 11.2 Å². The SMILES string of the molecule is COc1ccc(CC(=O)Nc2ccc3nc(N4CCCCCC4)cc(C(=O)O)c3c2)cc1.Cl.Cl. The number of nitrogens with zero attached hydrogens (tertiary/aromatic N) is 2. The van der Waals surface area contributed by atoms with Crippen LogP contribution in [0.2, 0.25) is 0 Å². The van der Waals surface area contributed by atoms with Gasteiger partial charge in [-0.25, -0.2) is 9.78 Å². The molecule has 7 nitrogen and oxygen atoms in total. The van der Waals surface area contributed by atoms with Crippen LogP contribution >= 0.6 is 24.8 Å². The van der Waals surface area contributed by atoms with Gasteiger partial charge in [-0.3, -0.25) is 4.79 Å². The standard InChI is InChI=1S/C25H27N3O4.2ClH/c1-32-19-9-6-17(7-10-19)14-24(29)26-18-8-11-22-20(15-18)21(25(30)31)16-23(27-22)28-12-4-2-3-5-13-28;;/h6-11,15-16H,2-5,12-14H2,1H3,(H,26,29)(H,30,31);2*1H. The molecule has 2 N–H and O–H groups in total. The highest BCUT2D eigenvalue weighted by Crippen LogP contribution is 2.27. The van der Waals surface area contributed by atoms with Gasteiger partial charge in [0.25, 0.3) is 0 Å². The fraction of sp³-hybridized carbons (Fsp3) is 0.320. The lowest BCUT2D eigenvalue weighted by molar-refractivity contribution is -0.115. The Hall–Kier alpha value is -3.03. The van der Waals surface area contributed by atoms with E-state index in [1.54, 1.807) is 31.4 Å². The largest absolute Gasteiger partial charge is 0.497 e. The molecule has 1 amide bonds. The van der Waals surface area contributed by atoms with E-state index < -0.39 is 5.97 Å². The molecular weight excluding hydrogens is 477 g/mol. The maximum Gasteiger partial charge on any atom is 0.336 e. The number of ether oxygens (including phenoxy) is 1. The molecule has 0 spiro atoms. The van der Waals surface area contributed by atoms with Crippen LogP contribution in [0.15, 0.2) is 48.5 Å². The van der Waals surface area contributed by atoms with Crippen LogP contribution in [0.1, 0.15) is 41.6 Å². The molecule has 0 saturated carbocycles. The molecule has 4 rings (SSSR count). The van der Waals surface area contributed by atoms with Crippen LogP contribution in [0.3, 0.4) is 0 Å². The van der Waals surface area contributed by atoms with Gasteiger partial charge >= 0.3 is 5.97 Å². The summed E-state index contributed by atoms with van der Waals surface area (Å²) in [6, 6.07) is 14.2. The molecule has 1 fully saturated rings. The van der Waals surface area contributed by atoms with Gasteiger partial charge < -0.3 is 20.1 Å². The lowest BCUT2D eigenvalue weighted by Gasteiger charge is -2.22. The first-order valence-corrected chi connectivity index (χ1v) is 10.9. The lowest BCUT2D eigenvalue weighted by Crippen LogP contribution is -2.25. The Bertz CT molecular complexity index is 1130. The van der Waals surface area contributed by atoms with Crippen LogP contribution in [0, 0.1) is 0 Å². The van der Waals surface area contributed by atoms with Crippen LogP contribution < -0.4 is 15.0 Å². The minimum absolute atomic E-state index is 0. The number of aromatic carboxylic acids is 1. The molecule has 3 aromatic rings. The summed E-state index contributed by atoms with van der Waals surface area (Å²) in [5.41, 5.74) is 2.21. The molecule has 182 valence electrons. The van der Waals surface area contributed by atoms with E-state index in [1.165, 1.54) is 12.8 Å². The number of carbonyl (C=O) groups excluding carboxylic acids is 1. The number of amides is 1. The number of hydrogen-bond donors (Lipinski definition) is 2. The summed E-state index contributed by atoms with van der Waals surface area (Å²) in [4.78, 5) is 31.4. The normalized spacial score (nSPS) is 13.3. The van der Waals surface area contributed by atoms with Gasteiger partial charge in [-0.1, -0.05) is 25.0 Å². The van der Waals surface area contributed by atoms with E-state index >= 15 is 0 Å².